The molecule has 0 radical (unpaired) electrons. The predicted octanol–water partition coefficient (Wildman–Crippen LogP) is 2.15. The lowest BCUT2D eigenvalue weighted by Gasteiger charge is -2.05. The summed E-state index contributed by atoms with van der Waals surface area (Å²) in [6.45, 7) is 2.52. The molecule has 1 rings (SSSR count). The summed E-state index contributed by atoms with van der Waals surface area (Å²) in [5, 5.41) is 8.68. The molecule has 0 bridgehead atoms. The van der Waals surface area contributed by atoms with Gasteiger partial charge in [0, 0.05) is 0 Å². The average Bonchev–Trinajstić information content (AvgIpc) is 2.38. The van der Waals surface area contributed by atoms with Crippen molar-refractivity contribution in [2.75, 3.05) is 6.61 Å². The molecule has 0 amide bonds. The first kappa shape index (κ1) is 7.93. The van der Waals surface area contributed by atoms with Crippen LogP contribution >= 0.6 is 0 Å². The molecule has 1 fully saturated rings. The maximum absolute atomic E-state index is 8.68. The van der Waals surface area contributed by atoms with Crippen LogP contribution in [0.25, 0.3) is 0 Å². The molecular weight excluding hydrogens is 124 g/mol. The van der Waals surface area contributed by atoms with Gasteiger partial charge in [0.15, 0.2) is 0 Å². The van der Waals surface area contributed by atoms with Gasteiger partial charge in [-0.05, 0) is 25.7 Å². The van der Waals surface area contributed by atoms with Gasteiger partial charge in [-0.25, -0.2) is 0 Å². The summed E-state index contributed by atoms with van der Waals surface area (Å²) in [6.07, 6.45) is 6.45. The number of hydrogen-bond acceptors (Lipinski definition) is 1. The van der Waals surface area contributed by atoms with E-state index < -0.39 is 0 Å². The highest BCUT2D eigenvalue weighted by Gasteiger charge is 2.29. The lowest BCUT2D eigenvalue weighted by Crippen LogP contribution is -2.06. The van der Waals surface area contributed by atoms with Gasteiger partial charge in [0.1, 0.15) is 6.42 Å². The van der Waals surface area contributed by atoms with Gasteiger partial charge in [-0.1, -0.05) is 0 Å². The van der Waals surface area contributed by atoms with Crippen LogP contribution in [-0.4, -0.2) is 11.7 Å². The first-order chi connectivity index (χ1) is 4.84. The van der Waals surface area contributed by atoms with Crippen molar-refractivity contribution < 1.29 is 5.11 Å². The van der Waals surface area contributed by atoms with Crippen molar-refractivity contribution in [1.29, 1.82) is 0 Å². The van der Waals surface area contributed by atoms with Gasteiger partial charge in [0.05, 0.1) is 25.4 Å². The zero-order chi connectivity index (χ0) is 7.40. The lowest BCUT2D eigenvalue weighted by atomic mass is 9.90. The van der Waals surface area contributed by atoms with E-state index in [4.69, 9.17) is 5.11 Å². The largest absolute Gasteiger partial charge is 0.392 e. The number of aliphatic hydroxyl groups is 1. The molecule has 1 heteroatoms. The normalized spacial score (nSPS) is 19.8. The fraction of sp³-hybridized carbons (Fsp3) is 0.889. The number of hydrogen-bond donors (Lipinski definition) is 1. The summed E-state index contributed by atoms with van der Waals surface area (Å²) in [5.41, 5.74) is 0. The molecule has 1 saturated carbocycles. The summed E-state index contributed by atoms with van der Waals surface area (Å²) in [7, 11) is 0. The van der Waals surface area contributed by atoms with E-state index in [9.17, 15) is 0 Å². The third-order valence-corrected chi connectivity index (χ3v) is 2.56. The van der Waals surface area contributed by atoms with Gasteiger partial charge >= 0.3 is 0 Å². The first-order valence-corrected chi connectivity index (χ1v) is 4.27. The Kier molecular flexibility index (Phi) is 3.07. The topological polar surface area (TPSA) is 20.2 Å². The highest BCUT2D eigenvalue weighted by molar-refractivity contribution is 4.93. The molecule has 0 aromatic rings. The SMILES string of the molecule is C[C+](CCO)C1CCCC1. The van der Waals surface area contributed by atoms with Crippen molar-refractivity contribution in [3.05, 3.63) is 5.92 Å². The molecule has 1 nitrogen and oxygen atoms in total. The van der Waals surface area contributed by atoms with Crippen LogP contribution in [0.1, 0.15) is 39.0 Å². The first-order valence-electron chi connectivity index (χ1n) is 4.27. The standard InChI is InChI=1S/C9H17O/c1-8(6-7-10)9-4-2-3-5-9/h9-10H,2-7H2,1H3/q+1. The van der Waals surface area contributed by atoms with Crippen molar-refractivity contribution in [2.24, 2.45) is 5.92 Å². The molecule has 0 unspecified atom stereocenters. The van der Waals surface area contributed by atoms with Crippen molar-refractivity contribution in [3.8, 4) is 0 Å². The molecule has 0 heterocycles. The fourth-order valence-corrected chi connectivity index (χ4v) is 1.80. The minimum absolute atomic E-state index is 0.336. The second kappa shape index (κ2) is 3.87. The zero-order valence-electron chi connectivity index (χ0n) is 6.77. The van der Waals surface area contributed by atoms with Crippen LogP contribution < -0.4 is 0 Å². The summed E-state index contributed by atoms with van der Waals surface area (Å²) >= 11 is 0. The van der Waals surface area contributed by atoms with Gasteiger partial charge in [0.25, 0.3) is 0 Å². The predicted molar refractivity (Wildman–Crippen MR) is 42.6 cm³/mol. The minimum Gasteiger partial charge on any atom is -0.392 e. The summed E-state index contributed by atoms with van der Waals surface area (Å²) in [4.78, 5) is 0. The second-order valence-electron chi connectivity index (χ2n) is 3.30. The van der Waals surface area contributed by atoms with Gasteiger partial charge in [-0.3, -0.25) is 0 Å². The molecule has 1 aliphatic rings. The van der Waals surface area contributed by atoms with Gasteiger partial charge in [-0.2, -0.15) is 0 Å². The van der Waals surface area contributed by atoms with E-state index >= 15 is 0 Å². The Hall–Kier alpha value is -0.170. The van der Waals surface area contributed by atoms with E-state index in [0.717, 1.165) is 12.3 Å². The summed E-state index contributed by atoms with van der Waals surface area (Å²) in [6, 6.07) is 0. The second-order valence-corrected chi connectivity index (χ2v) is 3.30. The summed E-state index contributed by atoms with van der Waals surface area (Å²) < 4.78 is 0. The van der Waals surface area contributed by atoms with Gasteiger partial charge < -0.3 is 5.11 Å². The fourth-order valence-electron chi connectivity index (χ4n) is 1.80. The maximum atomic E-state index is 8.68. The summed E-state index contributed by atoms with van der Waals surface area (Å²) in [5.74, 6) is 2.35. The number of aliphatic hydroxyl groups excluding tert-OH is 1. The van der Waals surface area contributed by atoms with Crippen LogP contribution in [0, 0.1) is 11.8 Å². The van der Waals surface area contributed by atoms with E-state index in [1.54, 1.807) is 0 Å². The molecular formula is C9H17O+. The van der Waals surface area contributed by atoms with Crippen LogP contribution in [0.3, 0.4) is 0 Å². The molecule has 58 valence electrons. The third kappa shape index (κ3) is 1.91. The van der Waals surface area contributed by atoms with Crippen molar-refractivity contribution >= 4 is 0 Å². The van der Waals surface area contributed by atoms with E-state index in [1.807, 2.05) is 0 Å². The highest BCUT2D eigenvalue weighted by Crippen LogP contribution is 2.33. The van der Waals surface area contributed by atoms with Crippen LogP contribution in [0.4, 0.5) is 0 Å². The van der Waals surface area contributed by atoms with Crippen LogP contribution in [0.15, 0.2) is 0 Å². The zero-order valence-corrected chi connectivity index (χ0v) is 6.77. The Morgan fingerprint density at radius 2 is 2.00 bits per heavy atom. The monoisotopic (exact) mass is 141 g/mol. The van der Waals surface area contributed by atoms with Crippen LogP contribution in [-0.2, 0) is 0 Å². The molecule has 0 aliphatic heterocycles. The lowest BCUT2D eigenvalue weighted by molar-refractivity contribution is 0.282. The molecule has 0 aromatic carbocycles. The Labute approximate surface area is 63.4 Å². The van der Waals surface area contributed by atoms with Gasteiger partial charge in [-0.15, -0.1) is 0 Å². The molecule has 0 atom stereocenters. The quantitative estimate of drug-likeness (QED) is 0.597. The molecule has 0 spiro atoms. The van der Waals surface area contributed by atoms with Crippen LogP contribution in [0.5, 0.6) is 0 Å². The van der Waals surface area contributed by atoms with Crippen molar-refractivity contribution in [1.82, 2.24) is 0 Å². The molecule has 0 aromatic heterocycles. The van der Waals surface area contributed by atoms with E-state index in [1.165, 1.54) is 31.6 Å². The number of rotatable bonds is 3. The molecule has 10 heavy (non-hydrogen) atoms. The third-order valence-electron chi connectivity index (χ3n) is 2.56. The Morgan fingerprint density at radius 3 is 2.50 bits per heavy atom. The van der Waals surface area contributed by atoms with E-state index in [0.29, 0.717) is 6.61 Å². The molecule has 1 aliphatic carbocycles. The highest BCUT2D eigenvalue weighted by atomic mass is 16.3. The molecule has 1 N–H and O–H groups in total. The smallest absolute Gasteiger partial charge is 0.113 e. The van der Waals surface area contributed by atoms with Crippen molar-refractivity contribution in [3.63, 3.8) is 0 Å². The minimum atomic E-state index is 0.336. The Bertz CT molecular complexity index is 84.7. The average molecular weight is 141 g/mol. The maximum Gasteiger partial charge on any atom is 0.113 e. The van der Waals surface area contributed by atoms with Gasteiger partial charge in [0.2, 0.25) is 0 Å². The molecule has 0 saturated heterocycles. The Balaban J connectivity index is 2.18. The van der Waals surface area contributed by atoms with Crippen molar-refractivity contribution in [2.45, 2.75) is 39.0 Å². The van der Waals surface area contributed by atoms with Crippen LogP contribution in [0.2, 0.25) is 0 Å². The Morgan fingerprint density at radius 1 is 1.40 bits per heavy atom. The van der Waals surface area contributed by atoms with E-state index in [2.05, 4.69) is 6.92 Å². The van der Waals surface area contributed by atoms with E-state index in [-0.39, 0.29) is 0 Å².